The lowest BCUT2D eigenvalue weighted by molar-refractivity contribution is -0.198. The Morgan fingerprint density at radius 2 is 2.03 bits per heavy atom. The zero-order valence-corrected chi connectivity index (χ0v) is 18.3. The van der Waals surface area contributed by atoms with E-state index in [0.717, 1.165) is 11.3 Å². The van der Waals surface area contributed by atoms with E-state index in [1.54, 1.807) is 24.6 Å². The Kier molecular flexibility index (Phi) is 5.37. The average Bonchev–Trinajstić information content (AvgIpc) is 3.25. The third-order valence-electron chi connectivity index (χ3n) is 4.13. The topological polar surface area (TPSA) is 78.9 Å². The van der Waals surface area contributed by atoms with E-state index in [0.29, 0.717) is 20.4 Å². The number of alkyl halides is 3. The molecule has 0 saturated heterocycles. The second-order valence-corrected chi connectivity index (χ2v) is 8.46. The lowest BCUT2D eigenvalue weighted by Crippen LogP contribution is -2.28. The maximum Gasteiger partial charge on any atom is 0.429 e. The lowest BCUT2D eigenvalue weighted by Gasteiger charge is -2.24. The van der Waals surface area contributed by atoms with Crippen LogP contribution in [0.1, 0.15) is 17.4 Å². The second kappa shape index (κ2) is 7.71. The van der Waals surface area contributed by atoms with Gasteiger partial charge in [0.2, 0.25) is 17.9 Å². The second-order valence-electron chi connectivity index (χ2n) is 6.29. The molecule has 1 aromatic carbocycles. The first-order valence-electron chi connectivity index (χ1n) is 8.39. The molecule has 0 fully saturated rings. The summed E-state index contributed by atoms with van der Waals surface area (Å²) in [6.45, 7) is 1.73. The fourth-order valence-electron chi connectivity index (χ4n) is 2.87. The molecule has 0 aliphatic rings. The third-order valence-corrected chi connectivity index (χ3v) is 6.23. The van der Waals surface area contributed by atoms with Gasteiger partial charge in [-0.2, -0.15) is 23.3 Å². The van der Waals surface area contributed by atoms with Gasteiger partial charge in [0.25, 0.3) is 0 Å². The molecule has 3 aromatic heterocycles. The lowest BCUT2D eigenvalue weighted by atomic mass is 10.1. The normalized spacial score (nSPS) is 13.0. The van der Waals surface area contributed by atoms with Crippen LogP contribution in [0.15, 0.2) is 40.3 Å². The van der Waals surface area contributed by atoms with Crippen molar-refractivity contribution in [1.29, 1.82) is 0 Å². The van der Waals surface area contributed by atoms with Crippen LogP contribution in [0.5, 0.6) is 5.88 Å². The van der Waals surface area contributed by atoms with E-state index in [1.165, 1.54) is 22.9 Å². The van der Waals surface area contributed by atoms with E-state index < -0.39 is 12.3 Å². The van der Waals surface area contributed by atoms with Crippen LogP contribution < -0.4 is 10.5 Å². The van der Waals surface area contributed by atoms with Crippen molar-refractivity contribution in [2.24, 2.45) is 0 Å². The van der Waals surface area contributed by atoms with Crippen molar-refractivity contribution >= 4 is 55.0 Å². The summed E-state index contributed by atoms with van der Waals surface area (Å²) in [7, 11) is 0. The number of hydrogen-bond donors (Lipinski definition) is 1. The van der Waals surface area contributed by atoms with Gasteiger partial charge in [-0.1, -0.05) is 17.7 Å². The fourth-order valence-corrected chi connectivity index (χ4v) is 4.52. The number of hydrogen-bond acceptors (Lipinski definition) is 6. The van der Waals surface area contributed by atoms with Crippen molar-refractivity contribution in [3.05, 3.63) is 56.6 Å². The molecule has 0 aliphatic carbocycles. The van der Waals surface area contributed by atoms with Crippen LogP contribution in [0.2, 0.25) is 5.02 Å². The maximum atomic E-state index is 14.1. The van der Waals surface area contributed by atoms with Gasteiger partial charge >= 0.3 is 6.18 Å². The molecule has 0 saturated carbocycles. The zero-order chi connectivity index (χ0) is 21.6. The first kappa shape index (κ1) is 20.9. The molecule has 0 bridgehead atoms. The number of nitrogen functional groups attached to an aromatic ring is 1. The summed E-state index contributed by atoms with van der Waals surface area (Å²) in [4.78, 5) is 7.96. The highest BCUT2D eigenvalue weighted by atomic mass is 79.9. The fraction of sp³-hybridized carbons (Fsp3) is 0.167. The zero-order valence-electron chi connectivity index (χ0n) is 15.1. The maximum absolute atomic E-state index is 14.1. The Morgan fingerprint density at radius 3 is 2.70 bits per heavy atom. The molecule has 6 nitrogen and oxygen atoms in total. The Hall–Kier alpha value is -2.37. The molecule has 4 rings (SSSR count). The van der Waals surface area contributed by atoms with Crippen molar-refractivity contribution in [3.8, 4) is 11.6 Å². The Morgan fingerprint density at radius 1 is 1.27 bits per heavy atom. The number of thiophene rings is 1. The minimum atomic E-state index is -4.76. The molecular formula is C18H12BrClF3N5OS. The van der Waals surface area contributed by atoms with Gasteiger partial charge in [-0.05, 0) is 41.1 Å². The summed E-state index contributed by atoms with van der Waals surface area (Å²) in [5.41, 5.74) is 6.68. The molecule has 30 heavy (non-hydrogen) atoms. The molecular weight excluding hydrogens is 507 g/mol. The Labute approximate surface area is 185 Å². The quantitative estimate of drug-likeness (QED) is 0.366. The van der Waals surface area contributed by atoms with Crippen LogP contribution in [0.3, 0.4) is 0 Å². The van der Waals surface area contributed by atoms with Crippen LogP contribution >= 0.6 is 38.9 Å². The first-order valence-corrected chi connectivity index (χ1v) is 10.4. The molecule has 156 valence electrons. The van der Waals surface area contributed by atoms with Gasteiger partial charge in [0.1, 0.15) is 10.2 Å². The van der Waals surface area contributed by atoms with Crippen LogP contribution in [0, 0.1) is 6.92 Å². The number of nitrogens with zero attached hydrogens (tertiary/aromatic N) is 4. The molecule has 0 radical (unpaired) electrons. The summed E-state index contributed by atoms with van der Waals surface area (Å²) in [5, 5.41) is 6.14. The van der Waals surface area contributed by atoms with Gasteiger partial charge in [0.15, 0.2) is 0 Å². The molecule has 0 amide bonds. The number of ether oxygens (including phenoxy) is 1. The number of aromatic nitrogens is 4. The summed E-state index contributed by atoms with van der Waals surface area (Å²) in [6.07, 6.45) is -5.55. The standard InChI is InChI=1S/C18H12BrClF3N5OS/c1-8-4-5-28(27-8)12-6-9(20)2-3-10(12)15(18(21,22)23)29-16-14-13(11(19)7-30-14)25-17(24)26-16/h2-7,15H,1H3,(H2,24,25,26)/t15-/m1/s1. The third kappa shape index (κ3) is 3.96. The molecule has 0 aliphatic heterocycles. The van der Waals surface area contributed by atoms with Crippen molar-refractivity contribution in [1.82, 2.24) is 19.7 Å². The van der Waals surface area contributed by atoms with E-state index in [-0.39, 0.29) is 28.1 Å². The van der Waals surface area contributed by atoms with E-state index >= 15 is 0 Å². The van der Waals surface area contributed by atoms with Gasteiger partial charge in [-0.3, -0.25) is 0 Å². The predicted molar refractivity (Wildman–Crippen MR) is 112 cm³/mol. The predicted octanol–water partition coefficient (Wildman–Crippen LogP) is 5.87. The first-order chi connectivity index (χ1) is 14.1. The van der Waals surface area contributed by atoms with E-state index in [4.69, 9.17) is 22.1 Å². The largest absolute Gasteiger partial charge is 0.458 e. The van der Waals surface area contributed by atoms with Crippen molar-refractivity contribution in [2.75, 3.05) is 5.73 Å². The SMILES string of the molecule is Cc1ccn(-c2cc(Cl)ccc2[C@@H](Oc2nc(N)nc3c(Br)csc23)C(F)(F)F)n1. The van der Waals surface area contributed by atoms with Crippen molar-refractivity contribution in [3.63, 3.8) is 0 Å². The number of anilines is 1. The smallest absolute Gasteiger partial charge is 0.429 e. The molecule has 0 unspecified atom stereocenters. The summed E-state index contributed by atoms with van der Waals surface area (Å²) >= 11 is 10.5. The Balaban J connectivity index is 1.87. The Bertz CT molecular complexity index is 1240. The summed E-state index contributed by atoms with van der Waals surface area (Å²) in [6, 6.07) is 5.70. The van der Waals surface area contributed by atoms with Gasteiger partial charge in [0, 0.05) is 22.2 Å². The van der Waals surface area contributed by atoms with Crippen LogP contribution in [-0.2, 0) is 0 Å². The summed E-state index contributed by atoms with van der Waals surface area (Å²) < 4.78 is 50.1. The molecule has 4 aromatic rings. The van der Waals surface area contributed by atoms with E-state index in [1.807, 2.05) is 0 Å². The molecule has 0 spiro atoms. The molecule has 2 N–H and O–H groups in total. The van der Waals surface area contributed by atoms with E-state index in [2.05, 4.69) is 31.0 Å². The van der Waals surface area contributed by atoms with Crippen molar-refractivity contribution in [2.45, 2.75) is 19.2 Å². The number of nitrogens with two attached hydrogens (primary N) is 1. The van der Waals surface area contributed by atoms with Crippen LogP contribution in [0.4, 0.5) is 19.1 Å². The average molecular weight is 519 g/mol. The van der Waals surface area contributed by atoms with Gasteiger partial charge in [0.05, 0.1) is 15.9 Å². The van der Waals surface area contributed by atoms with Crippen LogP contribution in [0.25, 0.3) is 15.9 Å². The van der Waals surface area contributed by atoms with Gasteiger partial charge in [-0.25, -0.2) is 9.67 Å². The number of rotatable bonds is 4. The monoisotopic (exact) mass is 517 g/mol. The van der Waals surface area contributed by atoms with Gasteiger partial charge in [-0.15, -0.1) is 11.3 Å². The van der Waals surface area contributed by atoms with E-state index in [9.17, 15) is 13.2 Å². The minimum Gasteiger partial charge on any atom is -0.458 e. The number of benzene rings is 1. The summed E-state index contributed by atoms with van der Waals surface area (Å²) in [5.74, 6) is -0.454. The molecule has 3 heterocycles. The van der Waals surface area contributed by atoms with Crippen LogP contribution in [-0.4, -0.2) is 25.9 Å². The molecule has 12 heteroatoms. The highest BCUT2D eigenvalue weighted by Gasteiger charge is 2.45. The highest BCUT2D eigenvalue weighted by molar-refractivity contribution is 9.10. The number of halogens is 5. The number of aryl methyl sites for hydroxylation is 1. The van der Waals surface area contributed by atoms with Crippen molar-refractivity contribution < 1.29 is 17.9 Å². The van der Waals surface area contributed by atoms with Gasteiger partial charge < -0.3 is 10.5 Å². The minimum absolute atomic E-state index is 0.142. The molecule has 1 atom stereocenters. The highest BCUT2D eigenvalue weighted by Crippen LogP contribution is 2.42. The number of fused-ring (bicyclic) bond motifs is 1.